The minimum atomic E-state index is -1.68. The first kappa shape index (κ1) is 45.5. The average molecular weight is 965 g/mol. The maximum absolute atomic E-state index is 12.9. The molecule has 0 fully saturated rings. The summed E-state index contributed by atoms with van der Waals surface area (Å²) in [5, 5.41) is 50.1. The van der Waals surface area contributed by atoms with Crippen LogP contribution in [0, 0.1) is 0 Å². The van der Waals surface area contributed by atoms with Gasteiger partial charge >= 0.3 is 0 Å². The Balaban J connectivity index is 1.08. The van der Waals surface area contributed by atoms with Crippen LogP contribution in [0.3, 0.4) is 0 Å². The summed E-state index contributed by atoms with van der Waals surface area (Å²) in [5.74, 6) is 15.0. The molecule has 2 atom stereocenters. The zero-order valence-corrected chi connectivity index (χ0v) is 39.2. The van der Waals surface area contributed by atoms with Crippen molar-refractivity contribution in [1.82, 2.24) is 23.3 Å². The number of nitrogens with zero attached hydrogens (tertiary/aromatic N) is 5. The Kier molecular flexibility index (Phi) is 10.8. The molecule has 0 saturated heterocycles. The van der Waals surface area contributed by atoms with Crippen molar-refractivity contribution in [1.29, 1.82) is 0 Å². The largest absolute Gasteiger partial charge is 0.439 e. The molecular weight excluding hydrogens is 915 g/mol. The zero-order valence-electron chi connectivity index (χ0n) is 39.2. The van der Waals surface area contributed by atoms with E-state index in [0.717, 1.165) is 22.7 Å². The van der Waals surface area contributed by atoms with Gasteiger partial charge in [0.2, 0.25) is 34.1 Å². The molecule has 2 aliphatic heterocycles. The van der Waals surface area contributed by atoms with Crippen LogP contribution in [-0.2, 0) is 0 Å². The lowest BCUT2D eigenvalue weighted by Crippen LogP contribution is -2.49. The van der Waals surface area contributed by atoms with Gasteiger partial charge in [-0.1, -0.05) is 109 Å². The number of benzene rings is 10. The Morgan fingerprint density at radius 1 is 0.301 bits per heavy atom. The number of para-hydroxylation sites is 10. The fourth-order valence-corrected chi connectivity index (χ4v) is 10.7. The van der Waals surface area contributed by atoms with Crippen LogP contribution >= 0.6 is 0 Å². The van der Waals surface area contributed by atoms with E-state index < -0.39 is 14.3 Å². The van der Waals surface area contributed by atoms with Crippen molar-refractivity contribution in [3.05, 3.63) is 255 Å². The van der Waals surface area contributed by atoms with Gasteiger partial charge in [0.05, 0.1) is 12.1 Å². The summed E-state index contributed by atoms with van der Waals surface area (Å²) < 4.78 is 11.2. The van der Waals surface area contributed by atoms with Gasteiger partial charge in [0, 0.05) is 114 Å². The summed E-state index contributed by atoms with van der Waals surface area (Å²) in [4.78, 5) is -1.68. The lowest BCUT2D eigenvalue weighted by molar-refractivity contribution is -0.245. The van der Waals surface area contributed by atoms with E-state index in [-0.39, 0.29) is 20.3 Å². The fourth-order valence-electron chi connectivity index (χ4n) is 10.7. The van der Waals surface area contributed by atoms with Crippen LogP contribution in [0.4, 0.5) is 79.6 Å². The van der Waals surface area contributed by atoms with E-state index in [0.29, 0.717) is 68.5 Å². The molecule has 13 heteroatoms. The predicted molar refractivity (Wildman–Crippen MR) is 286 cm³/mol. The highest BCUT2D eigenvalue weighted by Crippen LogP contribution is 2.63. The van der Waals surface area contributed by atoms with Gasteiger partial charge < -0.3 is 9.47 Å². The normalized spacial score (nSPS) is 17.0. The fraction of sp³-hybridized carbons (Fsp3) is 0. The van der Waals surface area contributed by atoms with Gasteiger partial charge in [0.1, 0.15) is 22.7 Å². The maximum Gasteiger partial charge on any atom is 0.256 e. The second-order valence-corrected chi connectivity index (χ2v) is 18.1. The standard InChI is InChI=1S/C60H50N7O6/c61-65(68)51-33-13-15-39-57(51)72-59-53(35-19-37-55(59)65)63(43-21-5-1-6-22-43,44-23-7-2-8-24-44)47-29-17-31-49(41-47)67(70,71)50-32-18-30-48(42-50)64(45-25-9-3-10-26-45,46-27-11-4-12-28-46)54-36-20-38-56-60(54)73-58-40-16-14-34-52(58)66(56,62)69/h1-42,68-71H,61-62H2/q+5. The van der Waals surface area contributed by atoms with Crippen LogP contribution in [0.5, 0.6) is 23.0 Å². The Bertz CT molecular complexity index is 3370. The summed E-state index contributed by atoms with van der Waals surface area (Å²) in [6.07, 6.45) is 0. The van der Waals surface area contributed by atoms with Gasteiger partial charge in [-0.15, -0.1) is 11.7 Å². The molecule has 0 amide bonds. The molecule has 2 unspecified atom stereocenters. The topological polar surface area (TPSA) is 151 Å². The highest BCUT2D eigenvalue weighted by Gasteiger charge is 2.52. The first-order valence-electron chi connectivity index (χ1n) is 23.7. The van der Waals surface area contributed by atoms with E-state index in [1.807, 2.05) is 170 Å². The number of hydrogen-bond donors (Lipinski definition) is 6. The lowest BCUT2D eigenvalue weighted by atomic mass is 10.0. The third-order valence-corrected chi connectivity index (χ3v) is 14.0. The highest BCUT2D eigenvalue weighted by molar-refractivity contribution is 5.92. The summed E-state index contributed by atoms with van der Waals surface area (Å²) in [6, 6.07) is 78.9. The first-order chi connectivity index (χ1) is 35.5. The smallest absolute Gasteiger partial charge is 0.256 e. The van der Waals surface area contributed by atoms with Crippen molar-refractivity contribution < 1.29 is 30.3 Å². The van der Waals surface area contributed by atoms with Crippen molar-refractivity contribution in [3.63, 3.8) is 0 Å². The van der Waals surface area contributed by atoms with Gasteiger partial charge in [0.25, 0.3) is 11.5 Å². The SMILES string of the molecule is N[N+]1(O)c2ccccc2Oc2c1cccc2[N+](c1ccccc1)(c1ccccc1)c1cccc([N+](O)(O)c2cccc([N+](c3ccccc3)(c3ccccc3)c3cccc4c3Oc3ccccc3[N+]4(N)O)c2)c1. The summed E-state index contributed by atoms with van der Waals surface area (Å²) in [5.41, 5.74) is 7.01. The molecule has 356 valence electrons. The van der Waals surface area contributed by atoms with Crippen molar-refractivity contribution in [2.45, 2.75) is 0 Å². The highest BCUT2D eigenvalue weighted by atomic mass is 16.8. The second kappa shape index (κ2) is 17.3. The Morgan fingerprint density at radius 2 is 0.575 bits per heavy atom. The Hall–Kier alpha value is -8.64. The van der Waals surface area contributed by atoms with Crippen LogP contribution in [0.2, 0.25) is 0 Å². The second-order valence-electron chi connectivity index (χ2n) is 18.1. The molecule has 73 heavy (non-hydrogen) atoms. The maximum atomic E-state index is 12.9. The van der Waals surface area contributed by atoms with E-state index in [1.54, 1.807) is 84.9 Å². The van der Waals surface area contributed by atoms with Crippen molar-refractivity contribution in [2.24, 2.45) is 11.7 Å². The van der Waals surface area contributed by atoms with Crippen molar-refractivity contribution in [3.8, 4) is 23.0 Å². The van der Waals surface area contributed by atoms with Crippen molar-refractivity contribution >= 4 is 79.6 Å². The van der Waals surface area contributed by atoms with E-state index in [2.05, 4.69) is 0 Å². The average Bonchev–Trinajstić information content (AvgIpc) is 3.43. The van der Waals surface area contributed by atoms with Crippen LogP contribution in [-0.4, -0.2) is 20.8 Å². The molecule has 12 rings (SSSR count). The Morgan fingerprint density at radius 3 is 0.932 bits per heavy atom. The number of nitrogens with two attached hydrogens (primary N) is 2. The number of quaternary nitrogens is 5. The number of rotatable bonds is 10. The molecule has 2 heterocycles. The molecule has 2 aliphatic rings. The molecule has 8 N–H and O–H groups in total. The Labute approximate surface area is 421 Å². The van der Waals surface area contributed by atoms with E-state index in [9.17, 15) is 20.8 Å². The number of hydrogen-bond acceptors (Lipinski definition) is 8. The number of ether oxygens (including phenoxy) is 2. The minimum Gasteiger partial charge on any atom is -0.439 e. The van der Waals surface area contributed by atoms with E-state index >= 15 is 0 Å². The van der Waals surface area contributed by atoms with Crippen LogP contribution < -0.4 is 44.4 Å². The molecule has 10 aromatic carbocycles. The lowest BCUT2D eigenvalue weighted by Gasteiger charge is -2.39. The summed E-state index contributed by atoms with van der Waals surface area (Å²) >= 11 is 0. The van der Waals surface area contributed by atoms with Crippen LogP contribution in [0.1, 0.15) is 0 Å². The predicted octanol–water partition coefficient (Wildman–Crippen LogP) is 15.7. The van der Waals surface area contributed by atoms with E-state index in [4.69, 9.17) is 21.2 Å². The van der Waals surface area contributed by atoms with Crippen molar-refractivity contribution in [2.75, 3.05) is 0 Å². The third kappa shape index (κ3) is 6.94. The molecular formula is C60H50N7O6+5. The first-order valence-corrected chi connectivity index (χ1v) is 23.7. The molecule has 0 bridgehead atoms. The molecule has 0 radical (unpaired) electrons. The monoisotopic (exact) mass is 964 g/mol. The molecule has 0 aromatic heterocycles. The number of fused-ring (bicyclic) bond motifs is 4. The van der Waals surface area contributed by atoms with Gasteiger partial charge in [-0.3, -0.25) is 0 Å². The van der Waals surface area contributed by atoms with Gasteiger partial charge in [-0.25, -0.2) is 0 Å². The third-order valence-electron chi connectivity index (χ3n) is 14.0. The molecule has 13 nitrogen and oxygen atoms in total. The van der Waals surface area contributed by atoms with E-state index in [1.165, 1.54) is 0 Å². The van der Waals surface area contributed by atoms with Crippen LogP contribution in [0.15, 0.2) is 255 Å². The quantitative estimate of drug-likeness (QED) is 0.0450. The van der Waals surface area contributed by atoms with Gasteiger partial charge in [-0.2, -0.15) is 29.8 Å². The minimum absolute atomic E-state index is 0.103. The zero-order chi connectivity index (χ0) is 50.0. The molecule has 0 aliphatic carbocycles. The molecule has 0 saturated carbocycles. The van der Waals surface area contributed by atoms with Gasteiger partial charge in [0.15, 0.2) is 34.2 Å². The molecule has 10 aromatic rings. The van der Waals surface area contributed by atoms with Crippen LogP contribution in [0.25, 0.3) is 0 Å². The summed E-state index contributed by atoms with van der Waals surface area (Å²) in [6.45, 7) is 0. The summed E-state index contributed by atoms with van der Waals surface area (Å²) in [7, 11) is 0. The van der Waals surface area contributed by atoms with Gasteiger partial charge in [-0.05, 0) is 33.8 Å². The molecule has 0 spiro atoms.